The van der Waals surface area contributed by atoms with E-state index in [0.717, 1.165) is 37.8 Å². The van der Waals surface area contributed by atoms with Crippen molar-refractivity contribution in [3.63, 3.8) is 0 Å². The van der Waals surface area contributed by atoms with Gasteiger partial charge in [-0.2, -0.15) is 18.3 Å². The fourth-order valence-electron chi connectivity index (χ4n) is 4.59. The minimum Gasteiger partial charge on any atom is -0.441 e. The van der Waals surface area contributed by atoms with Gasteiger partial charge in [-0.15, -0.1) is 15.3 Å². The highest BCUT2D eigenvalue weighted by Gasteiger charge is 2.48. The van der Waals surface area contributed by atoms with Crippen LogP contribution in [0.3, 0.4) is 0 Å². The lowest BCUT2D eigenvalue weighted by Crippen LogP contribution is -2.39. The molecule has 3 aromatic rings. The molecule has 1 saturated heterocycles. The monoisotopic (exact) mass is 484 g/mol. The Kier molecular flexibility index (Phi) is 6.00. The van der Waals surface area contributed by atoms with Gasteiger partial charge in [-0.1, -0.05) is 12.1 Å². The van der Waals surface area contributed by atoms with Crippen molar-refractivity contribution in [2.75, 3.05) is 23.3 Å². The van der Waals surface area contributed by atoms with Crippen molar-refractivity contribution < 1.29 is 22.7 Å². The molecule has 2 aromatic heterocycles. The zero-order chi connectivity index (χ0) is 24.5. The molecule has 0 atom stereocenters. The van der Waals surface area contributed by atoms with Gasteiger partial charge in [-0.05, 0) is 68.0 Å². The maximum atomic E-state index is 13.0. The van der Waals surface area contributed by atoms with E-state index in [2.05, 4.69) is 25.7 Å². The summed E-state index contributed by atoms with van der Waals surface area (Å²) < 4.78 is 44.6. The Bertz CT molecular complexity index is 1180. The van der Waals surface area contributed by atoms with Crippen LogP contribution in [0.2, 0.25) is 0 Å². The number of amides is 1. The number of ether oxygens (including phenoxy) is 1. The summed E-state index contributed by atoms with van der Waals surface area (Å²) >= 11 is 0. The van der Waals surface area contributed by atoms with Gasteiger partial charge in [0.1, 0.15) is 11.4 Å². The third-order valence-corrected chi connectivity index (χ3v) is 6.54. The molecule has 3 heterocycles. The third-order valence-electron chi connectivity index (χ3n) is 6.54. The Morgan fingerprint density at radius 2 is 1.89 bits per heavy atom. The highest BCUT2D eigenvalue weighted by atomic mass is 19.4. The van der Waals surface area contributed by atoms with E-state index in [-0.39, 0.29) is 0 Å². The Morgan fingerprint density at radius 3 is 2.57 bits per heavy atom. The number of hydrogen-bond donors (Lipinski definition) is 1. The van der Waals surface area contributed by atoms with Crippen LogP contribution in [-0.2, 0) is 10.9 Å². The molecule has 1 amide bonds. The minimum atomic E-state index is -4.41. The summed E-state index contributed by atoms with van der Waals surface area (Å²) in [4.78, 5) is 13.9. The van der Waals surface area contributed by atoms with Crippen molar-refractivity contribution in [3.8, 4) is 11.3 Å². The highest BCUT2D eigenvalue weighted by Crippen LogP contribution is 2.40. The molecule has 1 aliphatic carbocycles. The summed E-state index contributed by atoms with van der Waals surface area (Å²) in [6, 6.07) is 11.9. The molecule has 8 nitrogen and oxygen atoms in total. The topological polar surface area (TPSA) is 93.1 Å². The summed E-state index contributed by atoms with van der Waals surface area (Å²) in [5, 5.41) is 19.3. The summed E-state index contributed by atoms with van der Waals surface area (Å²) in [7, 11) is 0. The molecule has 1 spiro atoms. The maximum Gasteiger partial charge on any atom is 0.416 e. The van der Waals surface area contributed by atoms with Crippen molar-refractivity contribution in [1.82, 2.24) is 20.4 Å². The van der Waals surface area contributed by atoms with E-state index < -0.39 is 23.4 Å². The molecule has 0 unspecified atom stereocenters. The van der Waals surface area contributed by atoms with Crippen molar-refractivity contribution in [1.29, 1.82) is 0 Å². The molecule has 2 fully saturated rings. The molecule has 2 aliphatic rings. The Morgan fingerprint density at radius 1 is 1.06 bits per heavy atom. The zero-order valence-electron chi connectivity index (χ0n) is 18.7. The molecule has 5 rings (SSSR count). The lowest BCUT2D eigenvalue weighted by atomic mass is 9.78. The van der Waals surface area contributed by atoms with E-state index in [0.29, 0.717) is 41.9 Å². The van der Waals surface area contributed by atoms with Gasteiger partial charge in [-0.25, -0.2) is 4.79 Å². The molecule has 35 heavy (non-hydrogen) atoms. The van der Waals surface area contributed by atoms with E-state index in [1.165, 1.54) is 11.0 Å². The number of carbonyl (C=O) groups excluding carboxylic acids is 1. The smallest absolute Gasteiger partial charge is 0.416 e. The Labute approximate surface area is 199 Å². The largest absolute Gasteiger partial charge is 0.441 e. The normalized spacial score (nSPS) is 22.3. The van der Waals surface area contributed by atoms with Crippen LogP contribution in [0.4, 0.5) is 29.6 Å². The standard InChI is InChI=1S/C24H23F3N6O2/c25-24(26,27)18-4-1-3-17(13-18)19-6-7-20(31-30-19)28-14-16-8-10-23(11-9-16)15-33(22(34)35-23)21-5-2-12-29-32-21/h1-7,12-13,16H,8-11,14-15H2,(H,28,31). The first-order valence-corrected chi connectivity index (χ1v) is 11.3. The lowest BCUT2D eigenvalue weighted by Gasteiger charge is -2.35. The summed E-state index contributed by atoms with van der Waals surface area (Å²) in [5.41, 5.74) is -0.491. The molecule has 0 bridgehead atoms. The second-order valence-electron chi connectivity index (χ2n) is 8.93. The van der Waals surface area contributed by atoms with Crippen LogP contribution in [0.15, 0.2) is 54.7 Å². The molecule has 11 heteroatoms. The van der Waals surface area contributed by atoms with Gasteiger partial charge < -0.3 is 10.1 Å². The van der Waals surface area contributed by atoms with Crippen molar-refractivity contribution in [2.45, 2.75) is 37.5 Å². The number of alkyl halides is 3. The van der Waals surface area contributed by atoms with E-state index in [9.17, 15) is 18.0 Å². The number of nitrogens with zero attached hydrogens (tertiary/aromatic N) is 5. The van der Waals surface area contributed by atoms with Crippen LogP contribution in [-0.4, -0.2) is 45.2 Å². The summed E-state index contributed by atoms with van der Waals surface area (Å²) in [5.74, 6) is 1.42. The molecular formula is C24H23F3N6O2. The number of rotatable bonds is 5. The van der Waals surface area contributed by atoms with E-state index >= 15 is 0 Å². The second-order valence-corrected chi connectivity index (χ2v) is 8.93. The van der Waals surface area contributed by atoms with Crippen LogP contribution in [0.1, 0.15) is 31.2 Å². The minimum absolute atomic E-state index is 0.359. The van der Waals surface area contributed by atoms with Crippen LogP contribution < -0.4 is 10.2 Å². The molecule has 1 saturated carbocycles. The fourth-order valence-corrected chi connectivity index (χ4v) is 4.59. The molecule has 1 aliphatic heterocycles. The number of carbonyl (C=O) groups is 1. The van der Waals surface area contributed by atoms with Crippen LogP contribution in [0.25, 0.3) is 11.3 Å². The van der Waals surface area contributed by atoms with Crippen LogP contribution in [0.5, 0.6) is 0 Å². The molecular weight excluding hydrogens is 461 g/mol. The van der Waals surface area contributed by atoms with E-state index in [1.807, 2.05) is 0 Å². The van der Waals surface area contributed by atoms with Gasteiger partial charge in [0.2, 0.25) is 0 Å². The lowest BCUT2D eigenvalue weighted by molar-refractivity contribution is -0.137. The molecule has 1 aromatic carbocycles. The number of anilines is 2. The Balaban J connectivity index is 1.14. The van der Waals surface area contributed by atoms with E-state index in [1.54, 1.807) is 36.5 Å². The SMILES string of the molecule is O=C1OC2(CCC(CNc3ccc(-c4cccc(C(F)(F)F)c4)nn3)CC2)CN1c1cccnn1. The summed E-state index contributed by atoms with van der Waals surface area (Å²) in [6.45, 7) is 1.14. The fraction of sp³-hybridized carbons (Fsp3) is 0.375. The van der Waals surface area contributed by atoms with Gasteiger partial charge >= 0.3 is 12.3 Å². The predicted octanol–water partition coefficient (Wildman–Crippen LogP) is 4.95. The van der Waals surface area contributed by atoms with Crippen LogP contribution in [0, 0.1) is 5.92 Å². The first-order chi connectivity index (χ1) is 16.8. The van der Waals surface area contributed by atoms with Gasteiger partial charge in [0.25, 0.3) is 0 Å². The van der Waals surface area contributed by atoms with Gasteiger partial charge in [0.05, 0.1) is 17.8 Å². The second kappa shape index (κ2) is 9.12. The number of nitrogens with one attached hydrogen (secondary N) is 1. The Hall–Kier alpha value is -3.76. The predicted molar refractivity (Wildman–Crippen MR) is 122 cm³/mol. The molecule has 1 N–H and O–H groups in total. The average molecular weight is 484 g/mol. The average Bonchev–Trinajstić information content (AvgIpc) is 3.19. The van der Waals surface area contributed by atoms with E-state index in [4.69, 9.17) is 4.74 Å². The molecule has 182 valence electrons. The van der Waals surface area contributed by atoms with Gasteiger partial charge in [0, 0.05) is 18.3 Å². The number of hydrogen-bond acceptors (Lipinski definition) is 7. The number of benzene rings is 1. The first kappa shape index (κ1) is 23.0. The van der Waals surface area contributed by atoms with Crippen molar-refractivity contribution >= 4 is 17.7 Å². The van der Waals surface area contributed by atoms with Crippen LogP contribution >= 0.6 is 0 Å². The van der Waals surface area contributed by atoms with Crippen molar-refractivity contribution in [3.05, 3.63) is 60.3 Å². The number of aromatic nitrogens is 4. The summed E-state index contributed by atoms with van der Waals surface area (Å²) in [6.07, 6.45) is 0.0213. The highest BCUT2D eigenvalue weighted by molar-refractivity contribution is 5.89. The zero-order valence-corrected chi connectivity index (χ0v) is 18.7. The third kappa shape index (κ3) is 5.03. The quantitative estimate of drug-likeness (QED) is 0.548. The maximum absolute atomic E-state index is 13.0. The number of halogens is 3. The van der Waals surface area contributed by atoms with Gasteiger partial charge in [-0.3, -0.25) is 4.90 Å². The molecule has 0 radical (unpaired) electrons. The van der Waals surface area contributed by atoms with Crippen molar-refractivity contribution in [2.24, 2.45) is 5.92 Å². The van der Waals surface area contributed by atoms with Gasteiger partial charge in [0.15, 0.2) is 5.82 Å². The first-order valence-electron chi connectivity index (χ1n) is 11.3.